The number of hydrogen-bond acceptors (Lipinski definition) is 8. The molecule has 278 valence electrons. The standard InChI is InChI=1S/C36H55N7O5S.ClH/c1-5-6-18-43-34(45)31(33(44)28-10-8-7-9-11-28)37-35(46)36(43)16-19-41(20-17-36)32(30-25(2)38-39-26(30)3)27-12-14-29(15-13-27)49(47,48)42-23-21-40(4)22-24-42;/h12-15,28,31-33,44H,5-11,16-24H2,1-4H3,(H,37,46)(H,38,39);1H/t31-,32?,33-;/m1./s1. The zero-order valence-corrected chi connectivity index (χ0v) is 31.7. The van der Waals surface area contributed by atoms with Crippen molar-refractivity contribution >= 4 is 34.2 Å². The fraction of sp³-hybridized carbons (Fsp3) is 0.694. The van der Waals surface area contributed by atoms with Crippen molar-refractivity contribution in [3.63, 3.8) is 0 Å². The van der Waals surface area contributed by atoms with Gasteiger partial charge in [-0.25, -0.2) is 8.42 Å². The van der Waals surface area contributed by atoms with Crippen LogP contribution in [0.1, 0.15) is 93.3 Å². The second-order valence-corrected chi connectivity index (χ2v) is 16.7. The third kappa shape index (κ3) is 7.36. The van der Waals surface area contributed by atoms with Crippen LogP contribution in [0.3, 0.4) is 0 Å². The number of piperidine rings is 1. The maximum Gasteiger partial charge on any atom is 0.248 e. The number of amides is 2. The van der Waals surface area contributed by atoms with Crippen LogP contribution in [0.2, 0.25) is 0 Å². The Labute approximate surface area is 303 Å². The number of piperazine rings is 2. The third-order valence-corrected chi connectivity index (χ3v) is 13.6. The Morgan fingerprint density at radius 3 is 2.20 bits per heavy atom. The van der Waals surface area contributed by atoms with E-state index in [-0.39, 0.29) is 41.1 Å². The first-order valence-corrected chi connectivity index (χ1v) is 19.8. The Kier molecular flexibility index (Phi) is 12.4. The van der Waals surface area contributed by atoms with Gasteiger partial charge in [0.05, 0.1) is 22.7 Å². The number of carbonyl (C=O) groups excluding carboxylic acids is 2. The highest BCUT2D eigenvalue weighted by atomic mass is 35.5. The smallest absolute Gasteiger partial charge is 0.248 e. The van der Waals surface area contributed by atoms with E-state index in [1.165, 1.54) is 0 Å². The number of aliphatic hydroxyl groups is 1. The van der Waals surface area contributed by atoms with E-state index in [1.807, 2.05) is 37.9 Å². The van der Waals surface area contributed by atoms with E-state index in [1.54, 1.807) is 16.4 Å². The lowest BCUT2D eigenvalue weighted by atomic mass is 9.77. The number of benzene rings is 1. The number of aryl methyl sites for hydroxylation is 2. The Balaban J connectivity index is 0.00000486. The molecular formula is C36H56ClN7O5S. The summed E-state index contributed by atoms with van der Waals surface area (Å²) in [6.45, 7) is 9.99. The SMILES string of the molecule is CCCCN1C(=O)[C@@H]([C@H](O)C2CCCCC2)NC(=O)C12CCN(C(c1ccc(S(=O)(=O)N3CCN(C)CC3)cc1)c1c(C)n[nH]c1C)CC2.Cl. The van der Waals surface area contributed by atoms with Crippen molar-refractivity contribution in [2.24, 2.45) is 5.92 Å². The summed E-state index contributed by atoms with van der Waals surface area (Å²) in [6.07, 6.45) is 6.72. The van der Waals surface area contributed by atoms with Crippen LogP contribution in [-0.2, 0) is 19.6 Å². The molecule has 3 atom stereocenters. The van der Waals surface area contributed by atoms with Crippen molar-refractivity contribution in [1.29, 1.82) is 0 Å². The van der Waals surface area contributed by atoms with Gasteiger partial charge in [-0.15, -0.1) is 12.4 Å². The second-order valence-electron chi connectivity index (χ2n) is 14.8. The summed E-state index contributed by atoms with van der Waals surface area (Å²) in [5.74, 6) is -0.291. The first kappa shape index (κ1) is 38.7. The lowest BCUT2D eigenvalue weighted by Crippen LogP contribution is -2.75. The van der Waals surface area contributed by atoms with Crippen LogP contribution in [0, 0.1) is 19.8 Å². The molecule has 4 fully saturated rings. The summed E-state index contributed by atoms with van der Waals surface area (Å²) in [6, 6.07) is 6.12. The molecule has 6 rings (SSSR count). The van der Waals surface area contributed by atoms with E-state index in [0.717, 1.165) is 67.5 Å². The minimum absolute atomic E-state index is 0. The molecule has 1 aromatic heterocycles. The highest BCUT2D eigenvalue weighted by Gasteiger charge is 2.55. The number of sulfonamides is 1. The minimum Gasteiger partial charge on any atom is -0.390 e. The topological polar surface area (TPSA) is 142 Å². The molecule has 50 heavy (non-hydrogen) atoms. The van der Waals surface area contributed by atoms with Crippen molar-refractivity contribution in [2.75, 3.05) is 52.9 Å². The molecule has 1 saturated carbocycles. The normalized spacial score (nSPS) is 24.2. The lowest BCUT2D eigenvalue weighted by molar-refractivity contribution is -0.166. The van der Waals surface area contributed by atoms with Crippen LogP contribution in [0.4, 0.5) is 0 Å². The van der Waals surface area contributed by atoms with Gasteiger partial charge in [0.25, 0.3) is 0 Å². The van der Waals surface area contributed by atoms with E-state index >= 15 is 0 Å². The number of unbranched alkanes of at least 4 members (excludes halogenated alkanes) is 1. The summed E-state index contributed by atoms with van der Waals surface area (Å²) < 4.78 is 28.6. The molecule has 2 amide bonds. The molecule has 0 bridgehead atoms. The molecule has 2 aromatic rings. The quantitative estimate of drug-likeness (QED) is 0.338. The fourth-order valence-corrected chi connectivity index (χ4v) is 10.1. The van der Waals surface area contributed by atoms with Crippen molar-refractivity contribution in [2.45, 2.75) is 107 Å². The molecule has 0 radical (unpaired) electrons. The second kappa shape index (κ2) is 16.0. The van der Waals surface area contributed by atoms with Gasteiger partial charge in [0, 0.05) is 57.1 Å². The van der Waals surface area contributed by atoms with Crippen LogP contribution in [-0.4, -0.2) is 125 Å². The van der Waals surface area contributed by atoms with Crippen LogP contribution in [0.5, 0.6) is 0 Å². The van der Waals surface area contributed by atoms with Crippen molar-refractivity contribution in [3.05, 3.63) is 46.8 Å². The summed E-state index contributed by atoms with van der Waals surface area (Å²) in [5.41, 5.74) is 2.81. The molecule has 3 aliphatic heterocycles. The lowest BCUT2D eigenvalue weighted by Gasteiger charge is -2.53. The summed E-state index contributed by atoms with van der Waals surface area (Å²) in [4.78, 5) is 34.9. The van der Waals surface area contributed by atoms with Gasteiger partial charge in [-0.2, -0.15) is 9.40 Å². The number of halogens is 1. The number of aromatic nitrogens is 2. The molecule has 3 N–H and O–H groups in total. The Morgan fingerprint density at radius 2 is 1.62 bits per heavy atom. The number of rotatable bonds is 10. The number of carbonyl (C=O) groups is 2. The number of aliphatic hydroxyl groups excluding tert-OH is 1. The average Bonchev–Trinajstić information content (AvgIpc) is 3.44. The van der Waals surface area contributed by atoms with Gasteiger partial charge >= 0.3 is 0 Å². The first-order valence-electron chi connectivity index (χ1n) is 18.3. The number of likely N-dealkylation sites (N-methyl/N-ethyl adjacent to an activating group) is 1. The Bertz CT molecular complexity index is 1560. The van der Waals surface area contributed by atoms with Gasteiger partial charge in [0.15, 0.2) is 0 Å². The fourth-order valence-electron chi connectivity index (χ4n) is 8.63. The molecule has 4 aliphatic rings. The summed E-state index contributed by atoms with van der Waals surface area (Å²) in [5, 5.41) is 22.0. The molecule has 14 heteroatoms. The first-order chi connectivity index (χ1) is 23.5. The molecule has 12 nitrogen and oxygen atoms in total. The number of nitrogens with zero attached hydrogens (tertiary/aromatic N) is 5. The van der Waals surface area contributed by atoms with E-state index in [0.29, 0.717) is 58.7 Å². The Morgan fingerprint density at radius 1 is 0.980 bits per heavy atom. The van der Waals surface area contributed by atoms with Crippen LogP contribution in [0.15, 0.2) is 29.2 Å². The number of hydrogen-bond donors (Lipinski definition) is 3. The number of likely N-dealkylation sites (tertiary alicyclic amines) is 1. The predicted molar refractivity (Wildman–Crippen MR) is 195 cm³/mol. The van der Waals surface area contributed by atoms with Crippen LogP contribution < -0.4 is 5.32 Å². The van der Waals surface area contributed by atoms with E-state index in [2.05, 4.69) is 32.2 Å². The highest BCUT2D eigenvalue weighted by molar-refractivity contribution is 7.89. The zero-order valence-electron chi connectivity index (χ0n) is 30.1. The maximum atomic E-state index is 14.2. The Hall–Kier alpha value is -2.55. The molecule has 1 spiro atoms. The van der Waals surface area contributed by atoms with Gasteiger partial charge in [0.1, 0.15) is 11.6 Å². The van der Waals surface area contributed by atoms with Crippen molar-refractivity contribution < 1.29 is 23.1 Å². The number of nitrogens with one attached hydrogen (secondary N) is 2. The molecule has 3 saturated heterocycles. The van der Waals surface area contributed by atoms with E-state index < -0.39 is 27.7 Å². The summed E-state index contributed by atoms with van der Waals surface area (Å²) >= 11 is 0. The minimum atomic E-state index is -3.61. The van der Waals surface area contributed by atoms with Gasteiger partial charge in [-0.1, -0.05) is 44.7 Å². The number of aromatic amines is 1. The molecule has 1 aromatic carbocycles. The van der Waals surface area contributed by atoms with Crippen molar-refractivity contribution in [1.82, 2.24) is 34.5 Å². The molecule has 1 aliphatic carbocycles. The molecule has 4 heterocycles. The average molecular weight is 734 g/mol. The van der Waals surface area contributed by atoms with Crippen LogP contribution >= 0.6 is 12.4 Å². The maximum absolute atomic E-state index is 14.2. The van der Waals surface area contributed by atoms with E-state index in [9.17, 15) is 23.1 Å². The number of H-pyrrole nitrogens is 1. The third-order valence-electron chi connectivity index (χ3n) is 11.7. The van der Waals surface area contributed by atoms with Crippen LogP contribution in [0.25, 0.3) is 0 Å². The van der Waals surface area contributed by atoms with E-state index in [4.69, 9.17) is 0 Å². The van der Waals surface area contributed by atoms with Gasteiger partial charge < -0.3 is 20.2 Å². The monoisotopic (exact) mass is 733 g/mol. The van der Waals surface area contributed by atoms with Crippen molar-refractivity contribution in [3.8, 4) is 0 Å². The zero-order chi connectivity index (χ0) is 34.9. The highest BCUT2D eigenvalue weighted by Crippen LogP contribution is 2.41. The predicted octanol–water partition coefficient (Wildman–Crippen LogP) is 3.38. The molecular weight excluding hydrogens is 678 g/mol. The van der Waals surface area contributed by atoms with Gasteiger partial charge in [-0.3, -0.25) is 19.6 Å². The van der Waals surface area contributed by atoms with Gasteiger partial charge in [0.2, 0.25) is 21.8 Å². The van der Waals surface area contributed by atoms with Gasteiger partial charge in [-0.05, 0) is 76.6 Å². The largest absolute Gasteiger partial charge is 0.390 e. The molecule has 1 unspecified atom stereocenters. The summed E-state index contributed by atoms with van der Waals surface area (Å²) in [7, 11) is -1.61.